The van der Waals surface area contributed by atoms with Crippen LogP contribution < -0.4 is 0 Å². The minimum Gasteiger partial charge on any atom is -0.281 e. The third-order valence-electron chi connectivity index (χ3n) is 1.73. The predicted octanol–water partition coefficient (Wildman–Crippen LogP) is -0.0677. The molecule has 0 saturated heterocycles. The quantitative estimate of drug-likeness (QED) is 0.732. The van der Waals surface area contributed by atoms with E-state index >= 15 is 0 Å². The molecule has 8 nitrogen and oxygen atoms in total. The number of hydrogen-bond donors (Lipinski definition) is 2. The van der Waals surface area contributed by atoms with Crippen molar-refractivity contribution in [3.8, 4) is 0 Å². The van der Waals surface area contributed by atoms with Gasteiger partial charge in [-0.1, -0.05) is 0 Å². The van der Waals surface area contributed by atoms with Crippen molar-refractivity contribution in [1.82, 2.24) is 9.78 Å². The van der Waals surface area contributed by atoms with Crippen molar-refractivity contribution < 1.29 is 39.1 Å². The maximum Gasteiger partial charge on any atom is 0.422 e. The van der Waals surface area contributed by atoms with Crippen molar-refractivity contribution in [2.75, 3.05) is 0 Å². The third kappa shape index (κ3) is 2.63. The van der Waals surface area contributed by atoms with Crippen LogP contribution in [0.3, 0.4) is 0 Å². The smallest absolute Gasteiger partial charge is 0.281 e. The zero-order chi connectivity index (χ0) is 14.5. The highest BCUT2D eigenvalue weighted by atomic mass is 32.2. The maximum absolute atomic E-state index is 12.6. The highest BCUT2D eigenvalue weighted by Crippen LogP contribution is 2.38. The largest absolute Gasteiger partial charge is 0.422 e. The van der Waals surface area contributed by atoms with Gasteiger partial charge in [-0.05, 0) is 0 Å². The summed E-state index contributed by atoms with van der Waals surface area (Å²) in [5, 5.41) is -0.939. The number of hydrogen-bond acceptors (Lipinski definition) is 5. The number of halogens is 3. The molecule has 0 atom stereocenters. The molecule has 0 aromatic carbocycles. The van der Waals surface area contributed by atoms with Gasteiger partial charge in [-0.2, -0.15) is 35.1 Å². The molecule has 104 valence electrons. The Balaban J connectivity index is 3.94. The highest BCUT2D eigenvalue weighted by molar-refractivity contribution is 7.86. The van der Waals surface area contributed by atoms with E-state index in [9.17, 15) is 30.0 Å². The second-order valence-electron chi connectivity index (χ2n) is 3.06. The van der Waals surface area contributed by atoms with E-state index < -0.39 is 42.0 Å². The summed E-state index contributed by atoms with van der Waals surface area (Å²) in [7, 11) is -10.1. The van der Waals surface area contributed by atoms with Gasteiger partial charge in [-0.25, -0.2) is 0 Å². The van der Waals surface area contributed by atoms with Crippen molar-refractivity contribution in [2.24, 2.45) is 7.05 Å². The van der Waals surface area contributed by atoms with E-state index in [0.717, 1.165) is 0 Å². The Hall–Kier alpha value is -1.18. The number of alkyl halides is 3. The molecule has 0 saturated carbocycles. The molecule has 0 spiro atoms. The standard InChI is InChI=1S/C5H5F3N2O6S2/c1-10-4(18(14,15)16)2(5(6,7)8)3(9-10)17(11,12)13/h1H3,(H,11,12,13)(H,14,15,16). The summed E-state index contributed by atoms with van der Waals surface area (Å²) in [6.45, 7) is 0. The van der Waals surface area contributed by atoms with Gasteiger partial charge in [0, 0.05) is 7.05 Å². The Bertz CT molecular complexity index is 686. The Morgan fingerprint density at radius 2 is 1.56 bits per heavy atom. The van der Waals surface area contributed by atoms with E-state index in [1.54, 1.807) is 0 Å². The monoisotopic (exact) mass is 310 g/mol. The molecule has 18 heavy (non-hydrogen) atoms. The molecule has 2 N–H and O–H groups in total. The van der Waals surface area contributed by atoms with Gasteiger partial charge in [0.2, 0.25) is 5.03 Å². The van der Waals surface area contributed by atoms with Gasteiger partial charge >= 0.3 is 26.4 Å². The summed E-state index contributed by atoms with van der Waals surface area (Å²) in [6, 6.07) is 0. The summed E-state index contributed by atoms with van der Waals surface area (Å²) in [5.74, 6) is 0. The van der Waals surface area contributed by atoms with E-state index in [2.05, 4.69) is 5.10 Å². The average Bonchev–Trinajstić information content (AvgIpc) is 2.39. The minimum absolute atomic E-state index is 0.0126. The summed E-state index contributed by atoms with van der Waals surface area (Å²) in [4.78, 5) is 0. The van der Waals surface area contributed by atoms with Crippen LogP contribution in [0, 0.1) is 0 Å². The van der Waals surface area contributed by atoms with E-state index in [0.29, 0.717) is 7.05 Å². The number of nitrogens with zero attached hydrogens (tertiary/aromatic N) is 2. The van der Waals surface area contributed by atoms with Gasteiger partial charge in [0.15, 0.2) is 5.03 Å². The zero-order valence-electron chi connectivity index (χ0n) is 8.37. The molecule has 13 heteroatoms. The fraction of sp³-hybridized carbons (Fsp3) is 0.400. The summed E-state index contributed by atoms with van der Waals surface area (Å²) < 4.78 is 97.9. The number of rotatable bonds is 2. The van der Waals surface area contributed by atoms with E-state index in [-0.39, 0.29) is 4.68 Å². The van der Waals surface area contributed by atoms with Crippen molar-refractivity contribution >= 4 is 20.2 Å². The van der Waals surface area contributed by atoms with Crippen LogP contribution in [0.15, 0.2) is 10.1 Å². The molecule has 1 aromatic heterocycles. The van der Waals surface area contributed by atoms with Gasteiger partial charge in [0.25, 0.3) is 0 Å². The van der Waals surface area contributed by atoms with Gasteiger partial charge in [0.1, 0.15) is 5.56 Å². The molecule has 0 aliphatic carbocycles. The molecule has 0 aliphatic heterocycles. The van der Waals surface area contributed by atoms with Crippen LogP contribution in [0.1, 0.15) is 5.56 Å². The predicted molar refractivity (Wildman–Crippen MR) is 47.8 cm³/mol. The van der Waals surface area contributed by atoms with Crippen molar-refractivity contribution in [3.05, 3.63) is 5.56 Å². The SMILES string of the molecule is Cn1nc(S(=O)(=O)O)c(C(F)(F)F)c1S(=O)(=O)O. The lowest BCUT2D eigenvalue weighted by Gasteiger charge is -2.07. The first-order valence-corrected chi connectivity index (χ1v) is 6.73. The second-order valence-corrected chi connectivity index (χ2v) is 5.73. The summed E-state index contributed by atoms with van der Waals surface area (Å²) >= 11 is 0. The van der Waals surface area contributed by atoms with Crippen molar-refractivity contribution in [3.63, 3.8) is 0 Å². The Labute approximate surface area is 98.5 Å². The van der Waals surface area contributed by atoms with E-state index in [1.165, 1.54) is 0 Å². The van der Waals surface area contributed by atoms with Gasteiger partial charge in [-0.3, -0.25) is 13.8 Å². The van der Waals surface area contributed by atoms with Crippen LogP contribution in [0.5, 0.6) is 0 Å². The van der Waals surface area contributed by atoms with Crippen molar-refractivity contribution in [2.45, 2.75) is 16.2 Å². The van der Waals surface area contributed by atoms with Crippen LogP contribution in [0.25, 0.3) is 0 Å². The Morgan fingerprint density at radius 3 is 1.83 bits per heavy atom. The lowest BCUT2D eigenvalue weighted by atomic mass is 10.3. The van der Waals surface area contributed by atoms with E-state index in [1.807, 2.05) is 0 Å². The summed E-state index contributed by atoms with van der Waals surface area (Å²) in [6.07, 6.45) is -5.45. The maximum atomic E-state index is 12.6. The highest BCUT2D eigenvalue weighted by Gasteiger charge is 2.46. The van der Waals surface area contributed by atoms with Crippen LogP contribution in [-0.2, 0) is 33.5 Å². The first-order valence-electron chi connectivity index (χ1n) is 3.85. The lowest BCUT2D eigenvalue weighted by molar-refractivity contribution is -0.142. The van der Waals surface area contributed by atoms with Gasteiger partial charge in [0.05, 0.1) is 0 Å². The molecule has 1 heterocycles. The third-order valence-corrected chi connectivity index (χ3v) is 3.47. The molecule has 0 unspecified atom stereocenters. The molecular weight excluding hydrogens is 305 g/mol. The first kappa shape index (κ1) is 14.9. The molecule has 0 aliphatic rings. The fourth-order valence-electron chi connectivity index (χ4n) is 1.20. The molecule has 1 rings (SSSR count). The second kappa shape index (κ2) is 3.91. The number of aromatic nitrogens is 2. The summed E-state index contributed by atoms with van der Waals surface area (Å²) in [5.41, 5.74) is -2.25. The molecule has 0 amide bonds. The lowest BCUT2D eigenvalue weighted by Crippen LogP contribution is -2.16. The fourth-order valence-corrected chi connectivity index (χ4v) is 2.81. The molecule has 0 radical (unpaired) electrons. The minimum atomic E-state index is -5.45. The molecular formula is C5H5F3N2O6S2. The molecule has 0 bridgehead atoms. The normalized spacial score (nSPS) is 13.9. The van der Waals surface area contributed by atoms with Crippen LogP contribution >= 0.6 is 0 Å². The average molecular weight is 310 g/mol. The van der Waals surface area contributed by atoms with Crippen LogP contribution in [0.2, 0.25) is 0 Å². The molecule has 0 fully saturated rings. The Morgan fingerprint density at radius 1 is 1.11 bits per heavy atom. The zero-order valence-corrected chi connectivity index (χ0v) is 10.0. The molecule has 1 aromatic rings. The van der Waals surface area contributed by atoms with Gasteiger partial charge < -0.3 is 0 Å². The van der Waals surface area contributed by atoms with Crippen LogP contribution in [-0.4, -0.2) is 35.7 Å². The number of aryl methyl sites for hydroxylation is 1. The van der Waals surface area contributed by atoms with Crippen molar-refractivity contribution in [1.29, 1.82) is 0 Å². The Kier molecular flexibility index (Phi) is 3.23. The van der Waals surface area contributed by atoms with E-state index in [4.69, 9.17) is 9.11 Å². The topological polar surface area (TPSA) is 127 Å². The van der Waals surface area contributed by atoms with Gasteiger partial charge in [-0.15, -0.1) is 0 Å². The van der Waals surface area contributed by atoms with Crippen LogP contribution in [0.4, 0.5) is 13.2 Å². The first-order chi connectivity index (χ1) is 7.76.